The summed E-state index contributed by atoms with van der Waals surface area (Å²) in [5.41, 5.74) is 2.55. The van der Waals surface area contributed by atoms with Crippen LogP contribution in [0.15, 0.2) is 29.3 Å². The number of hydrogen-bond acceptors (Lipinski definition) is 3. The van der Waals surface area contributed by atoms with Crippen molar-refractivity contribution in [3.63, 3.8) is 0 Å². The van der Waals surface area contributed by atoms with E-state index in [1.807, 2.05) is 14.0 Å². The standard InChI is InChI=1S/C21H36N4OS/c1-5-25(19-11-7-9-17(3)15-19)14-13-23-21(22-4)24-18-10-8-12-20(16-18)27(26)6-2/h7,9,11,15,18,20H,5-6,8,10,12-14,16H2,1-4H3,(H2,22,23,24). The summed E-state index contributed by atoms with van der Waals surface area (Å²) >= 11 is 0. The van der Waals surface area contributed by atoms with Crippen molar-refractivity contribution in [2.45, 2.75) is 57.7 Å². The van der Waals surface area contributed by atoms with Crippen molar-refractivity contribution in [3.8, 4) is 0 Å². The van der Waals surface area contributed by atoms with Crippen LogP contribution >= 0.6 is 0 Å². The number of likely N-dealkylation sites (N-methyl/N-ethyl adjacent to an activating group) is 1. The Balaban J connectivity index is 1.82. The maximum Gasteiger partial charge on any atom is 0.191 e. The van der Waals surface area contributed by atoms with Crippen molar-refractivity contribution >= 4 is 22.4 Å². The average molecular weight is 393 g/mol. The van der Waals surface area contributed by atoms with Gasteiger partial charge in [0.2, 0.25) is 0 Å². The number of anilines is 1. The third-order valence-electron chi connectivity index (χ3n) is 5.27. The molecule has 1 aliphatic carbocycles. The number of nitrogens with one attached hydrogen (secondary N) is 2. The molecule has 2 rings (SSSR count). The number of hydrogen-bond donors (Lipinski definition) is 2. The molecule has 0 radical (unpaired) electrons. The molecule has 1 aromatic carbocycles. The van der Waals surface area contributed by atoms with E-state index in [-0.39, 0.29) is 0 Å². The minimum atomic E-state index is -0.694. The molecule has 0 heterocycles. The minimum Gasteiger partial charge on any atom is -0.370 e. The van der Waals surface area contributed by atoms with Crippen LogP contribution in [0.4, 0.5) is 5.69 Å². The first-order valence-electron chi connectivity index (χ1n) is 10.2. The summed E-state index contributed by atoms with van der Waals surface area (Å²) in [5.74, 6) is 1.61. The molecule has 5 nitrogen and oxygen atoms in total. The summed E-state index contributed by atoms with van der Waals surface area (Å²) in [6.07, 6.45) is 4.34. The van der Waals surface area contributed by atoms with Crippen LogP contribution in [0.2, 0.25) is 0 Å². The Kier molecular flexibility index (Phi) is 9.11. The van der Waals surface area contributed by atoms with Gasteiger partial charge < -0.3 is 15.5 Å². The molecule has 1 aromatic rings. The second kappa shape index (κ2) is 11.3. The molecular formula is C21H36N4OS. The highest BCUT2D eigenvalue weighted by Crippen LogP contribution is 2.23. The molecular weight excluding hydrogens is 356 g/mol. The second-order valence-corrected chi connectivity index (χ2v) is 9.22. The van der Waals surface area contributed by atoms with Crippen molar-refractivity contribution in [1.82, 2.24) is 10.6 Å². The molecule has 0 bridgehead atoms. The van der Waals surface area contributed by atoms with Crippen molar-refractivity contribution in [3.05, 3.63) is 29.8 Å². The summed E-state index contributed by atoms with van der Waals surface area (Å²) in [4.78, 5) is 6.75. The minimum absolute atomic E-state index is 0.330. The van der Waals surface area contributed by atoms with Gasteiger partial charge in [0.25, 0.3) is 0 Å². The van der Waals surface area contributed by atoms with E-state index >= 15 is 0 Å². The fourth-order valence-corrected chi connectivity index (χ4v) is 5.09. The first-order chi connectivity index (χ1) is 13.1. The zero-order chi connectivity index (χ0) is 19.6. The Morgan fingerprint density at radius 2 is 2.15 bits per heavy atom. The lowest BCUT2D eigenvalue weighted by atomic mass is 9.95. The van der Waals surface area contributed by atoms with Gasteiger partial charge in [-0.25, -0.2) is 0 Å². The maximum atomic E-state index is 12.1. The molecule has 1 fully saturated rings. The van der Waals surface area contributed by atoms with Crippen LogP contribution in [0.25, 0.3) is 0 Å². The Bertz CT molecular complexity index is 634. The summed E-state index contributed by atoms with van der Waals surface area (Å²) in [5, 5.41) is 7.32. The van der Waals surface area contributed by atoms with Gasteiger partial charge in [-0.3, -0.25) is 9.20 Å². The number of rotatable bonds is 8. The molecule has 1 saturated carbocycles. The lowest BCUT2D eigenvalue weighted by molar-refractivity contribution is 0.413. The van der Waals surface area contributed by atoms with Crippen LogP contribution < -0.4 is 15.5 Å². The van der Waals surface area contributed by atoms with Gasteiger partial charge in [-0.15, -0.1) is 0 Å². The van der Waals surface area contributed by atoms with E-state index in [0.29, 0.717) is 11.3 Å². The molecule has 6 heteroatoms. The first-order valence-corrected chi connectivity index (χ1v) is 11.6. The quantitative estimate of drug-likeness (QED) is 0.527. The summed E-state index contributed by atoms with van der Waals surface area (Å²) in [7, 11) is 1.12. The highest BCUT2D eigenvalue weighted by Gasteiger charge is 2.26. The van der Waals surface area contributed by atoms with Crippen molar-refractivity contribution in [2.24, 2.45) is 4.99 Å². The molecule has 0 aliphatic heterocycles. The molecule has 0 spiro atoms. The number of guanidine groups is 1. The van der Waals surface area contributed by atoms with Gasteiger partial charge >= 0.3 is 0 Å². The fraction of sp³-hybridized carbons (Fsp3) is 0.667. The smallest absolute Gasteiger partial charge is 0.191 e. The van der Waals surface area contributed by atoms with E-state index in [1.54, 1.807) is 0 Å². The summed E-state index contributed by atoms with van der Waals surface area (Å²) < 4.78 is 12.1. The molecule has 3 unspecified atom stereocenters. The topological polar surface area (TPSA) is 56.7 Å². The number of nitrogens with zero attached hydrogens (tertiary/aromatic N) is 2. The van der Waals surface area contributed by atoms with Crippen LogP contribution in [-0.4, -0.2) is 53.9 Å². The Labute approximate surface area is 167 Å². The molecule has 2 N–H and O–H groups in total. The summed E-state index contributed by atoms with van der Waals surface area (Å²) in [6, 6.07) is 9.00. The third-order valence-corrected chi connectivity index (χ3v) is 7.01. The van der Waals surface area contributed by atoms with Gasteiger partial charge in [0, 0.05) is 60.2 Å². The van der Waals surface area contributed by atoms with E-state index in [0.717, 1.165) is 57.0 Å². The van der Waals surface area contributed by atoms with E-state index in [4.69, 9.17) is 0 Å². The number of benzene rings is 1. The van der Waals surface area contributed by atoms with Crippen molar-refractivity contribution in [2.75, 3.05) is 37.3 Å². The number of aliphatic imine (C=N–C) groups is 1. The second-order valence-electron chi connectivity index (χ2n) is 7.22. The van der Waals surface area contributed by atoms with Crippen LogP contribution in [-0.2, 0) is 10.8 Å². The monoisotopic (exact) mass is 392 g/mol. The average Bonchev–Trinajstić information content (AvgIpc) is 2.69. The predicted octanol–water partition coefficient (Wildman–Crippen LogP) is 3.07. The fourth-order valence-electron chi connectivity index (χ4n) is 3.74. The lowest BCUT2D eigenvalue weighted by Gasteiger charge is -2.30. The van der Waals surface area contributed by atoms with Gasteiger partial charge in [-0.1, -0.05) is 25.5 Å². The van der Waals surface area contributed by atoms with Crippen LogP contribution in [0.3, 0.4) is 0 Å². The predicted molar refractivity (Wildman–Crippen MR) is 118 cm³/mol. The van der Waals surface area contributed by atoms with E-state index < -0.39 is 10.8 Å². The van der Waals surface area contributed by atoms with E-state index in [1.165, 1.54) is 11.3 Å². The van der Waals surface area contributed by atoms with E-state index in [9.17, 15) is 4.21 Å². The first kappa shape index (κ1) is 21.7. The molecule has 0 saturated heterocycles. The zero-order valence-electron chi connectivity index (χ0n) is 17.3. The van der Waals surface area contributed by atoms with Gasteiger partial charge in [0.05, 0.1) is 0 Å². The van der Waals surface area contributed by atoms with Gasteiger partial charge in [-0.05, 0) is 50.8 Å². The van der Waals surface area contributed by atoms with E-state index in [2.05, 4.69) is 58.6 Å². The molecule has 3 atom stereocenters. The normalized spacial score (nSPS) is 21.6. The molecule has 27 heavy (non-hydrogen) atoms. The van der Waals surface area contributed by atoms with Crippen molar-refractivity contribution < 1.29 is 4.21 Å². The molecule has 152 valence electrons. The van der Waals surface area contributed by atoms with Gasteiger partial charge in [0.1, 0.15) is 0 Å². The Morgan fingerprint density at radius 1 is 1.33 bits per heavy atom. The van der Waals surface area contributed by atoms with Gasteiger partial charge in [-0.2, -0.15) is 0 Å². The van der Waals surface area contributed by atoms with Crippen LogP contribution in [0.1, 0.15) is 45.1 Å². The van der Waals surface area contributed by atoms with Gasteiger partial charge in [0.15, 0.2) is 5.96 Å². The Hall–Kier alpha value is -1.56. The van der Waals surface area contributed by atoms with Crippen LogP contribution in [0, 0.1) is 6.92 Å². The van der Waals surface area contributed by atoms with Crippen LogP contribution in [0.5, 0.6) is 0 Å². The number of aryl methyl sites for hydroxylation is 1. The molecule has 1 aliphatic rings. The molecule has 0 aromatic heterocycles. The third kappa shape index (κ3) is 6.83. The largest absolute Gasteiger partial charge is 0.370 e. The highest BCUT2D eigenvalue weighted by atomic mass is 32.2. The zero-order valence-corrected chi connectivity index (χ0v) is 18.1. The van der Waals surface area contributed by atoms with Crippen molar-refractivity contribution in [1.29, 1.82) is 0 Å². The Morgan fingerprint density at radius 3 is 2.81 bits per heavy atom. The highest BCUT2D eigenvalue weighted by molar-refractivity contribution is 7.85. The lowest BCUT2D eigenvalue weighted by Crippen LogP contribution is -2.48. The SMILES string of the molecule is CCN(CCNC(=NC)NC1CCCC(S(=O)CC)C1)c1cccc(C)c1. The maximum absolute atomic E-state index is 12.1. The molecule has 0 amide bonds. The summed E-state index contributed by atoms with van der Waals surface area (Å²) in [6.45, 7) is 9.06.